The molecule has 3 nitrogen and oxygen atoms in total. The van der Waals surface area contributed by atoms with Crippen LogP contribution < -0.4 is 5.73 Å². The number of halogens is 3. The van der Waals surface area contributed by atoms with E-state index in [0.717, 1.165) is 6.07 Å². The molecule has 3 N–H and O–H groups in total. The van der Waals surface area contributed by atoms with E-state index in [9.17, 15) is 18.3 Å². The van der Waals surface area contributed by atoms with Crippen molar-refractivity contribution >= 4 is 5.69 Å². The smallest absolute Gasteiger partial charge is 0.418 e. The van der Waals surface area contributed by atoms with Gasteiger partial charge in [-0.25, -0.2) is 0 Å². The molecule has 0 aliphatic rings. The first-order valence-electron chi connectivity index (χ1n) is 5.08. The molecule has 1 aromatic heterocycles. The number of furan rings is 1. The maximum atomic E-state index is 12.6. The van der Waals surface area contributed by atoms with Crippen LogP contribution in [-0.4, -0.2) is 5.11 Å². The van der Waals surface area contributed by atoms with Crippen molar-refractivity contribution in [2.24, 2.45) is 0 Å². The van der Waals surface area contributed by atoms with E-state index in [1.54, 1.807) is 0 Å². The van der Waals surface area contributed by atoms with Crippen molar-refractivity contribution in [1.29, 1.82) is 0 Å². The Labute approximate surface area is 101 Å². The molecule has 96 valence electrons. The molecule has 0 aliphatic heterocycles. The Morgan fingerprint density at radius 3 is 2.44 bits per heavy atom. The molecule has 1 atom stereocenters. The molecule has 1 unspecified atom stereocenters. The van der Waals surface area contributed by atoms with Gasteiger partial charge in [0.25, 0.3) is 0 Å². The van der Waals surface area contributed by atoms with Gasteiger partial charge in [0.2, 0.25) is 0 Å². The van der Waals surface area contributed by atoms with E-state index in [4.69, 9.17) is 10.2 Å². The van der Waals surface area contributed by atoms with Gasteiger partial charge < -0.3 is 15.3 Å². The average molecular weight is 257 g/mol. The van der Waals surface area contributed by atoms with Crippen LogP contribution in [-0.2, 0) is 6.18 Å². The minimum Gasteiger partial charge on any atom is -0.466 e. The number of rotatable bonds is 2. The van der Waals surface area contributed by atoms with Gasteiger partial charge in [-0.1, -0.05) is 12.1 Å². The number of benzene rings is 1. The van der Waals surface area contributed by atoms with Crippen molar-refractivity contribution in [3.63, 3.8) is 0 Å². The summed E-state index contributed by atoms with van der Waals surface area (Å²) in [5.74, 6) is 0.140. The predicted molar refractivity (Wildman–Crippen MR) is 58.6 cm³/mol. The first-order valence-corrected chi connectivity index (χ1v) is 5.08. The number of anilines is 1. The highest BCUT2D eigenvalue weighted by atomic mass is 19.4. The van der Waals surface area contributed by atoms with Crippen molar-refractivity contribution in [2.75, 3.05) is 5.73 Å². The molecule has 6 heteroatoms. The summed E-state index contributed by atoms with van der Waals surface area (Å²) >= 11 is 0. The molecular weight excluding hydrogens is 247 g/mol. The number of nitrogens with two attached hydrogens (primary N) is 1. The van der Waals surface area contributed by atoms with Crippen LogP contribution in [0.3, 0.4) is 0 Å². The summed E-state index contributed by atoms with van der Waals surface area (Å²) in [7, 11) is 0. The maximum absolute atomic E-state index is 12.6. The van der Waals surface area contributed by atoms with E-state index in [0.29, 0.717) is 0 Å². The monoisotopic (exact) mass is 257 g/mol. The molecule has 0 amide bonds. The first-order chi connectivity index (χ1) is 8.41. The molecule has 0 saturated heterocycles. The van der Waals surface area contributed by atoms with Gasteiger partial charge in [-0.05, 0) is 18.2 Å². The van der Waals surface area contributed by atoms with Crippen LogP contribution >= 0.6 is 0 Å². The van der Waals surface area contributed by atoms with Crippen LogP contribution in [0, 0.1) is 0 Å². The highest BCUT2D eigenvalue weighted by Crippen LogP contribution is 2.37. The summed E-state index contributed by atoms with van der Waals surface area (Å²) in [5.41, 5.74) is 3.97. The summed E-state index contributed by atoms with van der Waals surface area (Å²) in [6.45, 7) is 0. The van der Waals surface area contributed by atoms with Crippen LogP contribution in [0.5, 0.6) is 0 Å². The minimum atomic E-state index is -4.55. The van der Waals surface area contributed by atoms with E-state index in [2.05, 4.69) is 0 Å². The van der Waals surface area contributed by atoms with Gasteiger partial charge in [0.1, 0.15) is 11.9 Å². The second-order valence-corrected chi connectivity index (χ2v) is 3.72. The zero-order valence-corrected chi connectivity index (χ0v) is 9.11. The standard InChI is InChI=1S/C12H10F3NO2/c13-12(14,15)8-4-1-3-7(10(8)16)11(17)9-5-2-6-18-9/h1-6,11,17H,16H2. The van der Waals surface area contributed by atoms with Crippen molar-refractivity contribution in [3.8, 4) is 0 Å². The van der Waals surface area contributed by atoms with Gasteiger partial charge in [-0.2, -0.15) is 13.2 Å². The molecule has 0 radical (unpaired) electrons. The van der Waals surface area contributed by atoms with E-state index in [1.165, 1.54) is 30.5 Å². The molecular formula is C12H10F3NO2. The maximum Gasteiger partial charge on any atom is 0.418 e. The Morgan fingerprint density at radius 1 is 1.17 bits per heavy atom. The number of hydrogen-bond acceptors (Lipinski definition) is 3. The van der Waals surface area contributed by atoms with E-state index < -0.39 is 23.5 Å². The molecule has 0 bridgehead atoms. The predicted octanol–water partition coefficient (Wildman–Crippen LogP) is 2.96. The summed E-state index contributed by atoms with van der Waals surface area (Å²) < 4.78 is 42.9. The Morgan fingerprint density at radius 2 is 1.89 bits per heavy atom. The minimum absolute atomic E-state index is 0.0280. The molecule has 0 spiro atoms. The zero-order valence-electron chi connectivity index (χ0n) is 9.11. The summed E-state index contributed by atoms with van der Waals surface area (Å²) in [4.78, 5) is 0. The molecule has 2 rings (SSSR count). The van der Waals surface area contributed by atoms with Crippen LogP contribution in [0.2, 0.25) is 0 Å². The van der Waals surface area contributed by atoms with Crippen LogP contribution in [0.1, 0.15) is 23.0 Å². The number of aliphatic hydroxyl groups excluding tert-OH is 1. The van der Waals surface area contributed by atoms with E-state index >= 15 is 0 Å². The second kappa shape index (κ2) is 4.38. The molecule has 18 heavy (non-hydrogen) atoms. The lowest BCUT2D eigenvalue weighted by Gasteiger charge is -2.16. The summed E-state index contributed by atoms with van der Waals surface area (Å²) in [6, 6.07) is 6.39. The fourth-order valence-corrected chi connectivity index (χ4v) is 1.67. The van der Waals surface area contributed by atoms with Crippen molar-refractivity contribution in [1.82, 2.24) is 0 Å². The lowest BCUT2D eigenvalue weighted by molar-refractivity contribution is -0.137. The Balaban J connectivity index is 2.47. The lowest BCUT2D eigenvalue weighted by Crippen LogP contribution is -2.12. The fraction of sp³-hybridized carbons (Fsp3) is 0.167. The van der Waals surface area contributed by atoms with Gasteiger partial charge in [0.05, 0.1) is 17.5 Å². The van der Waals surface area contributed by atoms with Crippen LogP contribution in [0.4, 0.5) is 18.9 Å². The third-order valence-electron chi connectivity index (χ3n) is 2.55. The Bertz CT molecular complexity index is 535. The van der Waals surface area contributed by atoms with Crippen molar-refractivity contribution in [2.45, 2.75) is 12.3 Å². The van der Waals surface area contributed by atoms with Gasteiger partial charge in [-0.3, -0.25) is 0 Å². The number of hydrogen-bond donors (Lipinski definition) is 2. The van der Waals surface area contributed by atoms with Gasteiger partial charge in [0.15, 0.2) is 0 Å². The number of alkyl halides is 3. The third kappa shape index (κ3) is 2.19. The third-order valence-corrected chi connectivity index (χ3v) is 2.55. The molecule has 0 aliphatic carbocycles. The van der Waals surface area contributed by atoms with Crippen molar-refractivity contribution in [3.05, 3.63) is 53.5 Å². The number of aliphatic hydroxyl groups is 1. The average Bonchev–Trinajstić information content (AvgIpc) is 2.80. The summed E-state index contributed by atoms with van der Waals surface area (Å²) in [6.07, 6.45) is -4.55. The van der Waals surface area contributed by atoms with Crippen LogP contribution in [0.15, 0.2) is 41.0 Å². The zero-order chi connectivity index (χ0) is 13.3. The van der Waals surface area contributed by atoms with Crippen LogP contribution in [0.25, 0.3) is 0 Å². The largest absolute Gasteiger partial charge is 0.466 e. The molecule has 1 heterocycles. The highest BCUT2D eigenvalue weighted by Gasteiger charge is 2.34. The molecule has 1 aromatic carbocycles. The van der Waals surface area contributed by atoms with E-state index in [1.807, 2.05) is 0 Å². The Hall–Kier alpha value is -1.95. The second-order valence-electron chi connectivity index (χ2n) is 3.72. The Kier molecular flexibility index (Phi) is 3.04. The SMILES string of the molecule is Nc1c(C(O)c2ccco2)cccc1C(F)(F)F. The quantitative estimate of drug-likeness (QED) is 0.813. The number of nitrogen functional groups attached to an aromatic ring is 1. The van der Waals surface area contributed by atoms with Gasteiger partial charge in [0, 0.05) is 5.56 Å². The van der Waals surface area contributed by atoms with Gasteiger partial charge >= 0.3 is 6.18 Å². The number of para-hydroxylation sites is 1. The lowest BCUT2D eigenvalue weighted by atomic mass is 10.0. The first kappa shape index (κ1) is 12.5. The molecule has 2 aromatic rings. The highest BCUT2D eigenvalue weighted by molar-refractivity contribution is 5.57. The molecule has 0 fully saturated rings. The van der Waals surface area contributed by atoms with E-state index in [-0.39, 0.29) is 11.3 Å². The van der Waals surface area contributed by atoms with Crippen molar-refractivity contribution < 1.29 is 22.7 Å². The summed E-state index contributed by atoms with van der Waals surface area (Å²) in [5, 5.41) is 9.91. The van der Waals surface area contributed by atoms with Gasteiger partial charge in [-0.15, -0.1) is 0 Å². The fourth-order valence-electron chi connectivity index (χ4n) is 1.67. The molecule has 0 saturated carbocycles. The normalized spacial score (nSPS) is 13.6. The topological polar surface area (TPSA) is 59.4 Å².